The van der Waals surface area contributed by atoms with Crippen LogP contribution in [0.1, 0.15) is 67.7 Å². The monoisotopic (exact) mass is 420 g/mol. The van der Waals surface area contributed by atoms with E-state index in [9.17, 15) is 4.79 Å². The first-order valence-electron chi connectivity index (χ1n) is 11.7. The Morgan fingerprint density at radius 2 is 1.81 bits per heavy atom. The predicted molar refractivity (Wildman–Crippen MR) is 127 cm³/mol. The molecule has 2 aliphatic rings. The quantitative estimate of drug-likeness (QED) is 0.623. The number of fused-ring (bicyclic) bond motifs is 3. The second-order valence-electron chi connectivity index (χ2n) is 9.40. The van der Waals surface area contributed by atoms with E-state index >= 15 is 0 Å². The molecule has 0 aliphatic carbocycles. The molecule has 2 heterocycles. The van der Waals surface area contributed by atoms with Gasteiger partial charge in [0.25, 0.3) is 5.91 Å². The number of nitrogens with zero attached hydrogens (tertiary/aromatic N) is 1. The van der Waals surface area contributed by atoms with E-state index in [2.05, 4.69) is 91.0 Å². The average molecular weight is 421 g/mol. The minimum absolute atomic E-state index is 0.00925. The lowest BCUT2D eigenvalue weighted by Gasteiger charge is -2.37. The van der Waals surface area contributed by atoms with Gasteiger partial charge in [-0.25, -0.2) is 0 Å². The molecule has 3 N–H and O–H groups in total. The molecule has 2 aliphatic heterocycles. The first-order chi connectivity index (χ1) is 15.0. The predicted octanol–water partition coefficient (Wildman–Crippen LogP) is 4.35. The third-order valence-corrected chi connectivity index (χ3v) is 6.80. The number of anilines is 1. The molecule has 0 bridgehead atoms. The van der Waals surface area contributed by atoms with Gasteiger partial charge in [0.2, 0.25) is 0 Å². The minimum atomic E-state index is 0.00925. The van der Waals surface area contributed by atoms with Gasteiger partial charge >= 0.3 is 0 Å². The van der Waals surface area contributed by atoms with Crippen molar-refractivity contribution in [3.8, 4) is 0 Å². The first kappa shape index (κ1) is 21.8. The lowest BCUT2D eigenvalue weighted by Crippen LogP contribution is -2.42. The second kappa shape index (κ2) is 9.41. The molecule has 5 nitrogen and oxygen atoms in total. The van der Waals surface area contributed by atoms with Crippen molar-refractivity contribution in [1.29, 1.82) is 0 Å². The van der Waals surface area contributed by atoms with Crippen molar-refractivity contribution < 1.29 is 4.79 Å². The van der Waals surface area contributed by atoms with Gasteiger partial charge in [0.15, 0.2) is 0 Å². The maximum atomic E-state index is 12.9. The van der Waals surface area contributed by atoms with E-state index in [0.29, 0.717) is 30.6 Å². The van der Waals surface area contributed by atoms with Crippen LogP contribution in [-0.2, 0) is 0 Å². The summed E-state index contributed by atoms with van der Waals surface area (Å²) in [5.41, 5.74) is 4.42. The molecule has 5 heteroatoms. The molecule has 0 spiro atoms. The van der Waals surface area contributed by atoms with Gasteiger partial charge in [0.1, 0.15) is 0 Å². The number of carbonyl (C=O) groups excluding carboxylic acids is 1. The maximum Gasteiger partial charge on any atom is 0.251 e. The van der Waals surface area contributed by atoms with Crippen LogP contribution in [0.5, 0.6) is 0 Å². The molecule has 3 unspecified atom stereocenters. The summed E-state index contributed by atoms with van der Waals surface area (Å²) in [6, 6.07) is 18.3. The minimum Gasteiger partial charge on any atom is -0.378 e. The Morgan fingerprint density at radius 1 is 1.06 bits per heavy atom. The third kappa shape index (κ3) is 4.63. The highest BCUT2D eigenvalue weighted by Crippen LogP contribution is 2.47. The molecule has 4 rings (SSSR count). The zero-order valence-corrected chi connectivity index (χ0v) is 19.2. The van der Waals surface area contributed by atoms with E-state index in [-0.39, 0.29) is 11.9 Å². The highest BCUT2D eigenvalue weighted by Gasteiger charge is 2.40. The molecule has 0 aromatic heterocycles. The van der Waals surface area contributed by atoms with Crippen molar-refractivity contribution in [2.24, 2.45) is 5.92 Å². The molecular formula is C26H36N4O. The Hall–Kier alpha value is -2.37. The Morgan fingerprint density at radius 3 is 2.52 bits per heavy atom. The number of carbonyl (C=O) groups is 1. The van der Waals surface area contributed by atoms with Crippen LogP contribution in [0.4, 0.5) is 5.69 Å². The van der Waals surface area contributed by atoms with E-state index < -0.39 is 0 Å². The fourth-order valence-corrected chi connectivity index (χ4v) is 5.29. The number of hydrogen-bond donors (Lipinski definition) is 3. The molecule has 0 radical (unpaired) electrons. The number of nitrogens with one attached hydrogen (secondary N) is 3. The number of benzene rings is 2. The molecule has 1 saturated heterocycles. The van der Waals surface area contributed by atoms with Gasteiger partial charge in [-0.05, 0) is 70.0 Å². The summed E-state index contributed by atoms with van der Waals surface area (Å²) in [5, 5.41) is 10.6. The second-order valence-corrected chi connectivity index (χ2v) is 9.40. The van der Waals surface area contributed by atoms with Crippen LogP contribution in [0, 0.1) is 5.92 Å². The summed E-state index contributed by atoms with van der Waals surface area (Å²) >= 11 is 0. The smallest absolute Gasteiger partial charge is 0.251 e. The molecule has 3 atom stereocenters. The molecule has 166 valence electrons. The van der Waals surface area contributed by atoms with Crippen LogP contribution in [0.2, 0.25) is 0 Å². The van der Waals surface area contributed by atoms with Crippen LogP contribution in [0.15, 0.2) is 48.5 Å². The number of amides is 1. The number of hydrogen-bond acceptors (Lipinski definition) is 4. The topological polar surface area (TPSA) is 56.4 Å². The van der Waals surface area contributed by atoms with Crippen molar-refractivity contribution in [2.45, 2.75) is 58.3 Å². The van der Waals surface area contributed by atoms with Crippen LogP contribution < -0.4 is 16.0 Å². The zero-order chi connectivity index (χ0) is 22.0. The summed E-state index contributed by atoms with van der Waals surface area (Å²) in [6.07, 6.45) is 1.13. The Labute approximate surface area is 186 Å². The normalized spacial score (nSPS) is 22.4. The van der Waals surface area contributed by atoms with Gasteiger partial charge in [-0.1, -0.05) is 30.3 Å². The van der Waals surface area contributed by atoms with Crippen molar-refractivity contribution in [3.63, 3.8) is 0 Å². The number of rotatable bonds is 7. The Bertz CT molecular complexity index is 888. The lowest BCUT2D eigenvalue weighted by molar-refractivity contribution is 0.0939. The van der Waals surface area contributed by atoms with Gasteiger partial charge in [-0.15, -0.1) is 0 Å². The maximum absolute atomic E-state index is 12.9. The average Bonchev–Trinajstić information content (AvgIpc) is 3.26. The fraction of sp³-hybridized carbons (Fsp3) is 0.500. The van der Waals surface area contributed by atoms with E-state index in [1.165, 1.54) is 11.1 Å². The summed E-state index contributed by atoms with van der Waals surface area (Å²) in [6.45, 7) is 11.3. The van der Waals surface area contributed by atoms with Crippen LogP contribution >= 0.6 is 0 Å². The van der Waals surface area contributed by atoms with Crippen molar-refractivity contribution in [3.05, 3.63) is 65.2 Å². The molecular weight excluding hydrogens is 384 g/mol. The van der Waals surface area contributed by atoms with Crippen molar-refractivity contribution in [1.82, 2.24) is 15.5 Å². The first-order valence-corrected chi connectivity index (χ1v) is 11.7. The van der Waals surface area contributed by atoms with Gasteiger partial charge in [-0.3, -0.25) is 9.69 Å². The third-order valence-electron chi connectivity index (χ3n) is 6.80. The van der Waals surface area contributed by atoms with Crippen molar-refractivity contribution >= 4 is 11.6 Å². The standard InChI is InChI=1S/C26H36N4O/c1-17(2)30(18(3)4)15-14-28-26(31)20-10-11-23-22(16-20)25-21(12-13-27-25)24(29-23)19-8-6-5-7-9-19/h5-11,16-18,21,24-25,27,29H,12-15H2,1-4H3,(H,28,31). The molecule has 1 fully saturated rings. The molecule has 0 saturated carbocycles. The van der Waals surface area contributed by atoms with Crippen LogP contribution in [-0.4, -0.2) is 42.5 Å². The van der Waals surface area contributed by atoms with Gasteiger partial charge in [0.05, 0.1) is 6.04 Å². The molecule has 2 aromatic rings. The summed E-state index contributed by atoms with van der Waals surface area (Å²) in [5.74, 6) is 0.494. The zero-order valence-electron chi connectivity index (χ0n) is 19.2. The fourth-order valence-electron chi connectivity index (χ4n) is 5.29. The Balaban J connectivity index is 1.48. The van der Waals surface area contributed by atoms with E-state index in [0.717, 1.165) is 30.8 Å². The molecule has 1 amide bonds. The highest BCUT2D eigenvalue weighted by atomic mass is 16.1. The SMILES string of the molecule is CC(C)N(CCNC(=O)c1ccc2c(c1)C1NCCC1C(c1ccccc1)N2)C(C)C. The van der Waals surface area contributed by atoms with Crippen LogP contribution in [0.25, 0.3) is 0 Å². The molecule has 31 heavy (non-hydrogen) atoms. The highest BCUT2D eigenvalue weighted by molar-refractivity contribution is 5.95. The summed E-state index contributed by atoms with van der Waals surface area (Å²) < 4.78 is 0. The van der Waals surface area contributed by atoms with Gasteiger partial charge in [0, 0.05) is 48.4 Å². The van der Waals surface area contributed by atoms with E-state index in [1.807, 2.05) is 6.07 Å². The van der Waals surface area contributed by atoms with Gasteiger partial charge < -0.3 is 16.0 Å². The summed E-state index contributed by atoms with van der Waals surface area (Å²) in [4.78, 5) is 15.3. The largest absolute Gasteiger partial charge is 0.378 e. The van der Waals surface area contributed by atoms with Crippen molar-refractivity contribution in [2.75, 3.05) is 25.0 Å². The van der Waals surface area contributed by atoms with Crippen LogP contribution in [0.3, 0.4) is 0 Å². The van der Waals surface area contributed by atoms with E-state index in [4.69, 9.17) is 0 Å². The van der Waals surface area contributed by atoms with E-state index in [1.54, 1.807) is 0 Å². The Kier molecular flexibility index (Phi) is 6.63. The summed E-state index contributed by atoms with van der Waals surface area (Å²) in [7, 11) is 0. The lowest BCUT2D eigenvalue weighted by atomic mass is 9.80. The van der Waals surface area contributed by atoms with Gasteiger partial charge in [-0.2, -0.15) is 0 Å². The molecule has 2 aromatic carbocycles.